The Morgan fingerprint density at radius 2 is 1.00 bits per heavy atom. The summed E-state index contributed by atoms with van der Waals surface area (Å²) in [6.07, 6.45) is 3.10. The highest BCUT2D eigenvalue weighted by Gasteiger charge is 2.04. The van der Waals surface area contributed by atoms with E-state index in [0.29, 0.717) is 39.3 Å². The minimum atomic E-state index is 0.550. The summed E-state index contributed by atoms with van der Waals surface area (Å²) in [6.45, 7) is 3.45. The van der Waals surface area contributed by atoms with Gasteiger partial charge in [-0.25, -0.2) is 0 Å². The van der Waals surface area contributed by atoms with Crippen LogP contribution in [0.15, 0.2) is 10.6 Å². The Kier molecular flexibility index (Phi) is 11.3. The van der Waals surface area contributed by atoms with Crippen molar-refractivity contribution in [1.82, 2.24) is 10.0 Å². The lowest BCUT2D eigenvalue weighted by Gasteiger charge is -2.17. The molecule has 0 aliphatic heterocycles. The van der Waals surface area contributed by atoms with E-state index in [9.17, 15) is 9.81 Å². The van der Waals surface area contributed by atoms with Crippen LogP contribution >= 0.6 is 0 Å². The Labute approximate surface area is 108 Å². The van der Waals surface area contributed by atoms with Gasteiger partial charge in [0.05, 0.1) is 10.6 Å². The van der Waals surface area contributed by atoms with Crippen molar-refractivity contribution in [3.05, 3.63) is 9.81 Å². The fourth-order valence-electron chi connectivity index (χ4n) is 1.52. The third kappa shape index (κ3) is 8.82. The van der Waals surface area contributed by atoms with Crippen LogP contribution in [0.4, 0.5) is 0 Å². The number of nitrogens with zero attached hydrogens (tertiary/aromatic N) is 4. The molecule has 0 radical (unpaired) electrons. The molecular weight excluding hydrogens is 236 g/mol. The average Bonchev–Trinajstić information content (AvgIpc) is 2.41. The maximum atomic E-state index is 10.5. The van der Waals surface area contributed by atoms with E-state index in [2.05, 4.69) is 10.6 Å². The predicted octanol–water partition coefficient (Wildman–Crippen LogP) is 0.431. The first-order chi connectivity index (χ1) is 8.78. The van der Waals surface area contributed by atoms with Crippen molar-refractivity contribution in [2.45, 2.75) is 25.7 Å². The SMILES string of the molecule is NCCCN(CCCCN(CCCN)N=O)N=O. The van der Waals surface area contributed by atoms with E-state index in [1.165, 1.54) is 10.0 Å². The Bertz CT molecular complexity index is 195. The summed E-state index contributed by atoms with van der Waals surface area (Å²) < 4.78 is 0. The van der Waals surface area contributed by atoms with Crippen LogP contribution in [0.25, 0.3) is 0 Å². The molecule has 0 amide bonds. The van der Waals surface area contributed by atoms with Gasteiger partial charge >= 0.3 is 0 Å². The molecule has 0 heterocycles. The summed E-state index contributed by atoms with van der Waals surface area (Å²) in [5.74, 6) is 0. The second-order valence-corrected chi connectivity index (χ2v) is 4.06. The largest absolute Gasteiger partial charge is 0.330 e. The molecule has 0 aromatic carbocycles. The summed E-state index contributed by atoms with van der Waals surface area (Å²) in [4.78, 5) is 21.0. The second kappa shape index (κ2) is 12.2. The van der Waals surface area contributed by atoms with Crippen LogP contribution in [0, 0.1) is 9.81 Å². The molecule has 8 heteroatoms. The Hall–Kier alpha value is -1.28. The van der Waals surface area contributed by atoms with Crippen LogP contribution in [0.1, 0.15) is 25.7 Å². The molecule has 0 aliphatic rings. The highest BCUT2D eigenvalue weighted by Crippen LogP contribution is 2.01. The highest BCUT2D eigenvalue weighted by atomic mass is 16.3. The van der Waals surface area contributed by atoms with Gasteiger partial charge in [0.25, 0.3) is 0 Å². The Morgan fingerprint density at radius 1 is 0.667 bits per heavy atom. The van der Waals surface area contributed by atoms with Gasteiger partial charge in [0, 0.05) is 26.2 Å². The lowest BCUT2D eigenvalue weighted by molar-refractivity contribution is 0.246. The molecule has 18 heavy (non-hydrogen) atoms. The quantitative estimate of drug-likeness (QED) is 0.282. The van der Waals surface area contributed by atoms with Gasteiger partial charge in [-0.15, -0.1) is 9.81 Å². The van der Waals surface area contributed by atoms with Crippen molar-refractivity contribution in [2.75, 3.05) is 39.3 Å². The third-order valence-electron chi connectivity index (χ3n) is 2.55. The summed E-state index contributed by atoms with van der Waals surface area (Å²) in [5.41, 5.74) is 10.7. The minimum Gasteiger partial charge on any atom is -0.330 e. The van der Waals surface area contributed by atoms with Crippen LogP contribution < -0.4 is 11.5 Å². The average molecular weight is 260 g/mol. The smallest absolute Gasteiger partial charge is 0.0523 e. The van der Waals surface area contributed by atoms with Gasteiger partial charge in [-0.3, -0.25) is 10.0 Å². The van der Waals surface area contributed by atoms with Crippen LogP contribution in [0.2, 0.25) is 0 Å². The topological polar surface area (TPSA) is 117 Å². The van der Waals surface area contributed by atoms with E-state index in [1.54, 1.807) is 0 Å². The van der Waals surface area contributed by atoms with Crippen LogP contribution in [-0.4, -0.2) is 49.3 Å². The molecule has 4 N–H and O–H groups in total. The molecule has 0 aliphatic carbocycles. The first-order valence-corrected chi connectivity index (χ1v) is 6.35. The van der Waals surface area contributed by atoms with E-state index in [1.807, 2.05) is 0 Å². The molecule has 0 fully saturated rings. The molecule has 0 saturated heterocycles. The predicted molar refractivity (Wildman–Crippen MR) is 71.3 cm³/mol. The van der Waals surface area contributed by atoms with E-state index in [0.717, 1.165) is 25.7 Å². The first kappa shape index (κ1) is 16.7. The van der Waals surface area contributed by atoms with Gasteiger partial charge in [0.1, 0.15) is 0 Å². The molecule has 0 aromatic heterocycles. The van der Waals surface area contributed by atoms with E-state index in [-0.39, 0.29) is 0 Å². The molecule has 0 rings (SSSR count). The van der Waals surface area contributed by atoms with Crippen molar-refractivity contribution < 1.29 is 0 Å². The molecule has 0 bridgehead atoms. The summed E-state index contributed by atoms with van der Waals surface area (Å²) in [7, 11) is 0. The van der Waals surface area contributed by atoms with Gasteiger partial charge in [-0.1, -0.05) is 0 Å². The van der Waals surface area contributed by atoms with Crippen LogP contribution in [0.3, 0.4) is 0 Å². The minimum absolute atomic E-state index is 0.550. The summed E-state index contributed by atoms with van der Waals surface area (Å²) in [6, 6.07) is 0. The molecular formula is C10H24N6O2. The standard InChI is InChI=1S/C10H24N6O2/c11-5-3-9-15(13-17)7-1-2-8-16(14-18)10-4-6-12/h1-12H2. The van der Waals surface area contributed by atoms with Crippen LogP contribution in [-0.2, 0) is 0 Å². The highest BCUT2D eigenvalue weighted by molar-refractivity contribution is 4.57. The fourth-order valence-corrected chi connectivity index (χ4v) is 1.52. The number of hydrogen-bond acceptors (Lipinski definition) is 6. The first-order valence-electron chi connectivity index (χ1n) is 6.35. The fraction of sp³-hybridized carbons (Fsp3) is 1.00. The van der Waals surface area contributed by atoms with Gasteiger partial charge in [-0.2, -0.15) is 0 Å². The van der Waals surface area contributed by atoms with Crippen molar-refractivity contribution in [2.24, 2.45) is 22.0 Å². The van der Waals surface area contributed by atoms with E-state index in [4.69, 9.17) is 11.5 Å². The third-order valence-corrected chi connectivity index (χ3v) is 2.55. The second-order valence-electron chi connectivity index (χ2n) is 4.06. The Morgan fingerprint density at radius 3 is 1.28 bits per heavy atom. The maximum absolute atomic E-state index is 10.5. The van der Waals surface area contributed by atoms with Gasteiger partial charge in [0.2, 0.25) is 0 Å². The molecule has 0 aromatic rings. The Balaban J connectivity index is 3.61. The molecule has 8 nitrogen and oxygen atoms in total. The summed E-state index contributed by atoms with van der Waals surface area (Å²) in [5, 5.41) is 8.78. The number of nitroso groups, excluding NO2 is 2. The maximum Gasteiger partial charge on any atom is 0.0523 e. The van der Waals surface area contributed by atoms with E-state index < -0.39 is 0 Å². The van der Waals surface area contributed by atoms with Crippen LogP contribution in [0.5, 0.6) is 0 Å². The molecule has 0 saturated carbocycles. The van der Waals surface area contributed by atoms with E-state index >= 15 is 0 Å². The summed E-state index contributed by atoms with van der Waals surface area (Å²) >= 11 is 0. The molecule has 0 atom stereocenters. The monoisotopic (exact) mass is 260 g/mol. The number of nitrogens with two attached hydrogens (primary N) is 2. The van der Waals surface area contributed by atoms with Gasteiger partial charge < -0.3 is 11.5 Å². The van der Waals surface area contributed by atoms with Crippen molar-refractivity contribution >= 4 is 0 Å². The van der Waals surface area contributed by atoms with Crippen molar-refractivity contribution in [1.29, 1.82) is 0 Å². The molecule has 0 spiro atoms. The lowest BCUT2D eigenvalue weighted by atomic mass is 10.3. The number of hydrogen-bond donors (Lipinski definition) is 2. The number of unbranched alkanes of at least 4 members (excludes halogenated alkanes) is 1. The van der Waals surface area contributed by atoms with Crippen molar-refractivity contribution in [3.63, 3.8) is 0 Å². The molecule has 0 unspecified atom stereocenters. The van der Waals surface area contributed by atoms with Gasteiger partial charge in [0.15, 0.2) is 0 Å². The normalized spacial score (nSPS) is 10.1. The number of rotatable bonds is 13. The van der Waals surface area contributed by atoms with Gasteiger partial charge in [-0.05, 0) is 38.8 Å². The lowest BCUT2D eigenvalue weighted by Crippen LogP contribution is -2.24. The zero-order valence-corrected chi connectivity index (χ0v) is 10.8. The zero-order chi connectivity index (χ0) is 13.6. The molecule has 106 valence electrons. The van der Waals surface area contributed by atoms with Crippen molar-refractivity contribution in [3.8, 4) is 0 Å². The zero-order valence-electron chi connectivity index (χ0n) is 10.8.